The van der Waals surface area contributed by atoms with Crippen molar-refractivity contribution in [3.8, 4) is 0 Å². The van der Waals surface area contributed by atoms with Crippen molar-refractivity contribution >= 4 is 29.1 Å². The quantitative estimate of drug-likeness (QED) is 0.567. The largest absolute Gasteiger partial charge is 0.376 e. The lowest BCUT2D eigenvalue weighted by atomic mass is 10.1. The Morgan fingerprint density at radius 3 is 1.81 bits per heavy atom. The van der Waals surface area contributed by atoms with E-state index in [-0.39, 0.29) is 35.3 Å². The molecule has 0 aliphatic carbocycles. The Balaban J connectivity index is 1.90. The molecule has 0 heterocycles. The molecule has 31 heavy (non-hydrogen) atoms. The predicted octanol–water partition coefficient (Wildman–Crippen LogP) is 3.79. The smallest absolute Gasteiger partial charge is 0.251 e. The first-order valence-electron chi connectivity index (χ1n) is 10.2. The van der Waals surface area contributed by atoms with Crippen molar-refractivity contribution in [1.82, 2.24) is 10.6 Å². The van der Waals surface area contributed by atoms with Gasteiger partial charge in [-0.2, -0.15) is 0 Å². The number of nitrogens with one attached hydrogen (secondary N) is 4. The third-order valence-electron chi connectivity index (χ3n) is 3.99. The van der Waals surface area contributed by atoms with Gasteiger partial charge in [-0.1, -0.05) is 6.07 Å². The zero-order valence-electron chi connectivity index (χ0n) is 19.1. The van der Waals surface area contributed by atoms with Crippen molar-refractivity contribution in [2.45, 2.75) is 52.6 Å². The van der Waals surface area contributed by atoms with Gasteiger partial charge in [-0.3, -0.25) is 14.4 Å². The number of carbonyl (C=O) groups is 3. The summed E-state index contributed by atoms with van der Waals surface area (Å²) < 4.78 is 0. The maximum atomic E-state index is 12.3. The lowest BCUT2D eigenvalue weighted by Crippen LogP contribution is -2.40. The summed E-state index contributed by atoms with van der Waals surface area (Å²) in [5, 5.41) is 11.6. The highest BCUT2D eigenvalue weighted by atomic mass is 16.2. The molecule has 0 spiro atoms. The Kier molecular flexibility index (Phi) is 7.44. The minimum absolute atomic E-state index is 0.0383. The summed E-state index contributed by atoms with van der Waals surface area (Å²) >= 11 is 0. The molecule has 2 rings (SSSR count). The van der Waals surface area contributed by atoms with Crippen LogP contribution >= 0.6 is 0 Å². The molecule has 0 radical (unpaired) electrons. The van der Waals surface area contributed by atoms with E-state index in [0.29, 0.717) is 22.5 Å². The molecule has 0 saturated heterocycles. The highest BCUT2D eigenvalue weighted by Gasteiger charge is 2.16. The molecule has 0 saturated carbocycles. The van der Waals surface area contributed by atoms with Crippen LogP contribution in [0.3, 0.4) is 0 Å². The fourth-order valence-corrected chi connectivity index (χ4v) is 2.69. The zero-order chi connectivity index (χ0) is 23.2. The van der Waals surface area contributed by atoms with Crippen molar-refractivity contribution in [2.75, 3.05) is 17.2 Å². The van der Waals surface area contributed by atoms with E-state index in [4.69, 9.17) is 0 Å². The Bertz CT molecular complexity index is 939. The van der Waals surface area contributed by atoms with E-state index in [1.165, 1.54) is 0 Å². The SMILES string of the molecule is CC(C)(C)NC(=O)c1ccc(NC(=O)CNc2cccc(C(=O)NC(C)(C)C)c2)cc1. The van der Waals surface area contributed by atoms with Crippen LogP contribution in [0.5, 0.6) is 0 Å². The van der Waals surface area contributed by atoms with Crippen LogP contribution in [0.2, 0.25) is 0 Å². The molecule has 3 amide bonds. The van der Waals surface area contributed by atoms with Gasteiger partial charge in [0.1, 0.15) is 0 Å². The summed E-state index contributed by atoms with van der Waals surface area (Å²) in [6.45, 7) is 11.5. The summed E-state index contributed by atoms with van der Waals surface area (Å²) in [6, 6.07) is 13.7. The topological polar surface area (TPSA) is 99.3 Å². The average Bonchev–Trinajstić information content (AvgIpc) is 2.64. The minimum atomic E-state index is -0.330. The Labute approximate surface area is 184 Å². The van der Waals surface area contributed by atoms with E-state index in [0.717, 1.165) is 0 Å². The molecule has 2 aromatic rings. The van der Waals surface area contributed by atoms with Crippen molar-refractivity contribution < 1.29 is 14.4 Å². The molecule has 0 aromatic heterocycles. The lowest BCUT2D eigenvalue weighted by Gasteiger charge is -2.20. The number of carbonyl (C=O) groups excluding carboxylic acids is 3. The van der Waals surface area contributed by atoms with Crippen molar-refractivity contribution in [3.63, 3.8) is 0 Å². The maximum absolute atomic E-state index is 12.3. The Morgan fingerprint density at radius 2 is 1.26 bits per heavy atom. The summed E-state index contributed by atoms with van der Waals surface area (Å²) in [5.74, 6) is -0.574. The van der Waals surface area contributed by atoms with Gasteiger partial charge in [-0.15, -0.1) is 0 Å². The van der Waals surface area contributed by atoms with E-state index in [2.05, 4.69) is 21.3 Å². The molecule has 0 aliphatic rings. The number of hydrogen-bond acceptors (Lipinski definition) is 4. The second-order valence-electron chi connectivity index (χ2n) is 9.47. The van der Waals surface area contributed by atoms with Gasteiger partial charge in [0.2, 0.25) is 5.91 Å². The number of rotatable bonds is 6. The lowest BCUT2D eigenvalue weighted by molar-refractivity contribution is -0.114. The molecule has 0 unspecified atom stereocenters. The van der Waals surface area contributed by atoms with Gasteiger partial charge in [-0.05, 0) is 84.0 Å². The standard InChI is InChI=1S/C24H32N4O3/c1-23(2,3)27-21(30)16-10-12-18(13-11-16)26-20(29)15-25-19-9-7-8-17(14-19)22(31)28-24(4,5)6/h7-14,25H,15H2,1-6H3,(H,26,29)(H,27,30)(H,28,31). The summed E-state index contributed by atoms with van der Waals surface area (Å²) in [7, 11) is 0. The number of benzene rings is 2. The predicted molar refractivity (Wildman–Crippen MR) is 124 cm³/mol. The van der Waals surface area contributed by atoms with Crippen LogP contribution in [0.4, 0.5) is 11.4 Å². The first-order chi connectivity index (χ1) is 14.3. The van der Waals surface area contributed by atoms with Gasteiger partial charge in [0.05, 0.1) is 6.54 Å². The highest BCUT2D eigenvalue weighted by molar-refractivity contribution is 5.97. The monoisotopic (exact) mass is 424 g/mol. The maximum Gasteiger partial charge on any atom is 0.251 e. The molecule has 0 bridgehead atoms. The van der Waals surface area contributed by atoms with E-state index < -0.39 is 0 Å². The van der Waals surface area contributed by atoms with Crippen LogP contribution < -0.4 is 21.3 Å². The van der Waals surface area contributed by atoms with E-state index in [9.17, 15) is 14.4 Å². The van der Waals surface area contributed by atoms with Crippen LogP contribution in [0.25, 0.3) is 0 Å². The highest BCUT2D eigenvalue weighted by Crippen LogP contribution is 2.13. The second-order valence-corrected chi connectivity index (χ2v) is 9.47. The molecule has 0 atom stereocenters. The van der Waals surface area contributed by atoms with Gasteiger partial charge in [0, 0.05) is 33.6 Å². The van der Waals surface area contributed by atoms with Crippen LogP contribution in [0.15, 0.2) is 48.5 Å². The van der Waals surface area contributed by atoms with Crippen molar-refractivity contribution in [2.24, 2.45) is 0 Å². The zero-order valence-corrected chi connectivity index (χ0v) is 19.1. The van der Waals surface area contributed by atoms with E-state index in [1.807, 2.05) is 41.5 Å². The third-order valence-corrected chi connectivity index (χ3v) is 3.99. The Hall–Kier alpha value is -3.35. The number of hydrogen-bond donors (Lipinski definition) is 4. The van der Waals surface area contributed by atoms with Gasteiger partial charge < -0.3 is 21.3 Å². The molecule has 4 N–H and O–H groups in total. The molecule has 0 fully saturated rings. The van der Waals surface area contributed by atoms with Crippen molar-refractivity contribution in [1.29, 1.82) is 0 Å². The summed E-state index contributed by atoms with van der Waals surface area (Å²) in [4.78, 5) is 36.7. The third kappa shape index (κ3) is 8.50. The molecule has 7 heteroatoms. The normalized spacial score (nSPS) is 11.4. The van der Waals surface area contributed by atoms with Crippen LogP contribution in [-0.4, -0.2) is 35.3 Å². The molecule has 0 aliphatic heterocycles. The number of amides is 3. The fourth-order valence-electron chi connectivity index (χ4n) is 2.69. The van der Waals surface area contributed by atoms with E-state index in [1.54, 1.807) is 48.5 Å². The Morgan fingerprint density at radius 1 is 0.710 bits per heavy atom. The van der Waals surface area contributed by atoms with E-state index >= 15 is 0 Å². The van der Waals surface area contributed by atoms with Gasteiger partial charge >= 0.3 is 0 Å². The molecule has 166 valence electrons. The average molecular weight is 425 g/mol. The molecular weight excluding hydrogens is 392 g/mol. The first-order valence-corrected chi connectivity index (χ1v) is 10.2. The minimum Gasteiger partial charge on any atom is -0.376 e. The fraction of sp³-hybridized carbons (Fsp3) is 0.375. The number of anilines is 2. The van der Waals surface area contributed by atoms with Gasteiger partial charge in [0.15, 0.2) is 0 Å². The van der Waals surface area contributed by atoms with Gasteiger partial charge in [0.25, 0.3) is 11.8 Å². The second kappa shape index (κ2) is 9.64. The summed E-state index contributed by atoms with van der Waals surface area (Å²) in [6.07, 6.45) is 0. The molecular formula is C24H32N4O3. The van der Waals surface area contributed by atoms with Crippen molar-refractivity contribution in [3.05, 3.63) is 59.7 Å². The van der Waals surface area contributed by atoms with Crippen LogP contribution in [0.1, 0.15) is 62.3 Å². The summed E-state index contributed by atoms with van der Waals surface area (Å²) in [5.41, 5.74) is 1.66. The van der Waals surface area contributed by atoms with Crippen LogP contribution in [0, 0.1) is 0 Å². The molecule has 2 aromatic carbocycles. The first kappa shape index (κ1) is 23.9. The van der Waals surface area contributed by atoms with Crippen LogP contribution in [-0.2, 0) is 4.79 Å². The van der Waals surface area contributed by atoms with Gasteiger partial charge in [-0.25, -0.2) is 0 Å². The molecule has 7 nitrogen and oxygen atoms in total.